The van der Waals surface area contributed by atoms with E-state index in [9.17, 15) is 4.79 Å². The van der Waals surface area contributed by atoms with Gasteiger partial charge in [0.25, 0.3) is 5.91 Å². The first-order chi connectivity index (χ1) is 13.2. The lowest BCUT2D eigenvalue weighted by Crippen LogP contribution is -2.35. The van der Waals surface area contributed by atoms with E-state index < -0.39 is 0 Å². The van der Waals surface area contributed by atoms with Gasteiger partial charge in [-0.1, -0.05) is 6.92 Å². The van der Waals surface area contributed by atoms with Crippen LogP contribution >= 0.6 is 0 Å². The smallest absolute Gasteiger partial charge is 0.271 e. The molecular weight excluding hydrogens is 344 g/mol. The normalized spacial score (nSPS) is 16.7. The van der Waals surface area contributed by atoms with Crippen molar-refractivity contribution in [1.29, 1.82) is 0 Å². The fraction of sp³-hybridized carbons (Fsp3) is 0.450. The molecule has 0 aliphatic carbocycles. The van der Waals surface area contributed by atoms with E-state index in [1.165, 1.54) is 19.0 Å². The van der Waals surface area contributed by atoms with Crippen LogP contribution in [0.5, 0.6) is 11.5 Å². The highest BCUT2D eigenvalue weighted by Gasteiger charge is 2.18. The molecule has 1 aliphatic heterocycles. The molecule has 0 bridgehead atoms. The highest BCUT2D eigenvalue weighted by molar-refractivity contribution is 5.92. The van der Waals surface area contributed by atoms with Crippen molar-refractivity contribution in [3.8, 4) is 11.5 Å². The molecule has 1 saturated heterocycles. The molecule has 7 nitrogen and oxygen atoms in total. The number of aromatic nitrogens is 2. The third-order valence-electron chi connectivity index (χ3n) is 4.57. The van der Waals surface area contributed by atoms with Gasteiger partial charge in [-0.2, -0.15) is 0 Å². The van der Waals surface area contributed by atoms with Crippen LogP contribution in [-0.2, 0) is 0 Å². The lowest BCUT2D eigenvalue weighted by Gasteiger charge is -2.31. The van der Waals surface area contributed by atoms with Crippen LogP contribution in [0.25, 0.3) is 0 Å². The van der Waals surface area contributed by atoms with Crippen molar-refractivity contribution in [3.63, 3.8) is 0 Å². The van der Waals surface area contributed by atoms with E-state index in [-0.39, 0.29) is 5.91 Å². The van der Waals surface area contributed by atoms with Gasteiger partial charge in [-0.25, -0.2) is 9.97 Å². The summed E-state index contributed by atoms with van der Waals surface area (Å²) in [5.41, 5.74) is 0.313. The topological polar surface area (TPSA) is 76.6 Å². The predicted molar refractivity (Wildman–Crippen MR) is 103 cm³/mol. The Kier molecular flexibility index (Phi) is 6.46. The van der Waals surface area contributed by atoms with Crippen LogP contribution in [0.4, 0.5) is 5.82 Å². The number of anilines is 1. The molecule has 144 valence electrons. The SMILES string of the molecule is COc1ccc(OCCNC(=O)c2cnc(N3CCCC(C)C3)cn2)cc1. The molecule has 2 heterocycles. The lowest BCUT2D eigenvalue weighted by molar-refractivity contribution is 0.0941. The Hall–Kier alpha value is -2.83. The molecule has 0 spiro atoms. The predicted octanol–water partition coefficient (Wildman–Crippen LogP) is 2.53. The maximum atomic E-state index is 12.2. The highest BCUT2D eigenvalue weighted by Crippen LogP contribution is 2.20. The number of methoxy groups -OCH3 is 1. The van der Waals surface area contributed by atoms with Crippen LogP contribution < -0.4 is 19.7 Å². The third-order valence-corrected chi connectivity index (χ3v) is 4.57. The first-order valence-corrected chi connectivity index (χ1v) is 9.28. The molecule has 1 aromatic carbocycles. The number of piperidine rings is 1. The molecule has 3 rings (SSSR count). The number of hydrogen-bond donors (Lipinski definition) is 1. The van der Waals surface area contributed by atoms with Crippen LogP contribution in [0.15, 0.2) is 36.7 Å². The monoisotopic (exact) mass is 370 g/mol. The fourth-order valence-electron chi connectivity index (χ4n) is 3.10. The van der Waals surface area contributed by atoms with E-state index in [0.29, 0.717) is 24.8 Å². The number of amides is 1. The Labute approximate surface area is 159 Å². The van der Waals surface area contributed by atoms with E-state index >= 15 is 0 Å². The summed E-state index contributed by atoms with van der Waals surface area (Å²) in [6.45, 7) is 4.98. The summed E-state index contributed by atoms with van der Waals surface area (Å²) in [6.07, 6.45) is 5.64. The van der Waals surface area contributed by atoms with Crippen LogP contribution in [0, 0.1) is 5.92 Å². The minimum Gasteiger partial charge on any atom is -0.497 e. The van der Waals surface area contributed by atoms with Gasteiger partial charge in [0.05, 0.1) is 26.0 Å². The van der Waals surface area contributed by atoms with Gasteiger partial charge in [0.2, 0.25) is 0 Å². The van der Waals surface area contributed by atoms with E-state index in [4.69, 9.17) is 9.47 Å². The van der Waals surface area contributed by atoms with Crippen LogP contribution in [0.1, 0.15) is 30.3 Å². The molecule has 0 radical (unpaired) electrons. The Morgan fingerprint density at radius 3 is 2.67 bits per heavy atom. The number of carbonyl (C=O) groups is 1. The molecule has 1 amide bonds. The fourth-order valence-corrected chi connectivity index (χ4v) is 3.10. The van der Waals surface area contributed by atoms with Crippen molar-refractivity contribution in [2.75, 3.05) is 38.3 Å². The molecule has 0 saturated carbocycles. The average molecular weight is 370 g/mol. The lowest BCUT2D eigenvalue weighted by atomic mass is 10.0. The second-order valence-corrected chi connectivity index (χ2v) is 6.73. The summed E-state index contributed by atoms with van der Waals surface area (Å²) in [6, 6.07) is 7.31. The second kappa shape index (κ2) is 9.21. The summed E-state index contributed by atoms with van der Waals surface area (Å²) in [7, 11) is 1.62. The Morgan fingerprint density at radius 1 is 1.22 bits per heavy atom. The number of rotatable bonds is 7. The van der Waals surface area contributed by atoms with Gasteiger partial charge in [0.1, 0.15) is 29.6 Å². The van der Waals surface area contributed by atoms with Gasteiger partial charge >= 0.3 is 0 Å². The Bertz CT molecular complexity index is 734. The van der Waals surface area contributed by atoms with Gasteiger partial charge in [-0.3, -0.25) is 4.79 Å². The summed E-state index contributed by atoms with van der Waals surface area (Å²) in [4.78, 5) is 23.1. The van der Waals surface area contributed by atoms with Gasteiger partial charge in [0, 0.05) is 13.1 Å². The van der Waals surface area contributed by atoms with E-state index in [2.05, 4.69) is 27.1 Å². The summed E-state index contributed by atoms with van der Waals surface area (Å²) < 4.78 is 10.7. The highest BCUT2D eigenvalue weighted by atomic mass is 16.5. The van der Waals surface area contributed by atoms with Crippen LogP contribution in [-0.4, -0.2) is 49.2 Å². The summed E-state index contributed by atoms with van der Waals surface area (Å²) in [5.74, 6) is 2.75. The largest absolute Gasteiger partial charge is 0.497 e. The minimum absolute atomic E-state index is 0.251. The quantitative estimate of drug-likeness (QED) is 0.755. The molecule has 7 heteroatoms. The third kappa shape index (κ3) is 5.32. The number of nitrogens with zero attached hydrogens (tertiary/aromatic N) is 3. The van der Waals surface area contributed by atoms with Crippen molar-refractivity contribution in [1.82, 2.24) is 15.3 Å². The Balaban J connectivity index is 1.43. The van der Waals surface area contributed by atoms with Gasteiger partial charge in [-0.15, -0.1) is 0 Å². The van der Waals surface area contributed by atoms with Gasteiger partial charge in [0.15, 0.2) is 0 Å². The molecule has 1 fully saturated rings. The number of hydrogen-bond acceptors (Lipinski definition) is 6. The number of nitrogens with one attached hydrogen (secondary N) is 1. The zero-order chi connectivity index (χ0) is 19.1. The zero-order valence-corrected chi connectivity index (χ0v) is 15.9. The number of carbonyl (C=O) groups excluding carboxylic acids is 1. The van der Waals surface area contributed by atoms with Gasteiger partial charge in [-0.05, 0) is 43.0 Å². The van der Waals surface area contributed by atoms with Crippen molar-refractivity contribution in [2.45, 2.75) is 19.8 Å². The number of ether oxygens (including phenoxy) is 2. The molecular formula is C20H26N4O3. The van der Waals surface area contributed by atoms with Crippen molar-refractivity contribution in [3.05, 3.63) is 42.4 Å². The summed E-state index contributed by atoms with van der Waals surface area (Å²) >= 11 is 0. The van der Waals surface area contributed by atoms with Crippen LogP contribution in [0.3, 0.4) is 0 Å². The minimum atomic E-state index is -0.251. The van der Waals surface area contributed by atoms with E-state index in [0.717, 1.165) is 30.4 Å². The molecule has 1 unspecified atom stereocenters. The van der Waals surface area contributed by atoms with E-state index in [1.807, 2.05) is 24.3 Å². The molecule has 1 aromatic heterocycles. The standard InChI is InChI=1S/C20H26N4O3/c1-15-4-3-10-24(14-15)19-13-22-18(12-23-19)20(25)21-9-11-27-17-7-5-16(26-2)6-8-17/h5-8,12-13,15H,3-4,9-11,14H2,1-2H3,(H,21,25). The summed E-state index contributed by atoms with van der Waals surface area (Å²) in [5, 5.41) is 2.79. The first-order valence-electron chi connectivity index (χ1n) is 9.28. The Morgan fingerprint density at radius 2 is 2.00 bits per heavy atom. The molecule has 1 N–H and O–H groups in total. The second-order valence-electron chi connectivity index (χ2n) is 6.73. The first kappa shape index (κ1) is 18.9. The van der Waals surface area contributed by atoms with E-state index in [1.54, 1.807) is 13.3 Å². The van der Waals surface area contributed by atoms with Crippen molar-refractivity contribution >= 4 is 11.7 Å². The molecule has 27 heavy (non-hydrogen) atoms. The van der Waals surface area contributed by atoms with Crippen molar-refractivity contribution in [2.24, 2.45) is 5.92 Å². The molecule has 2 aromatic rings. The molecule has 1 atom stereocenters. The van der Waals surface area contributed by atoms with Crippen molar-refractivity contribution < 1.29 is 14.3 Å². The number of benzene rings is 1. The molecule has 1 aliphatic rings. The maximum Gasteiger partial charge on any atom is 0.271 e. The van der Waals surface area contributed by atoms with Gasteiger partial charge < -0.3 is 19.7 Å². The average Bonchev–Trinajstić information content (AvgIpc) is 2.71. The zero-order valence-electron chi connectivity index (χ0n) is 15.9. The maximum absolute atomic E-state index is 12.2. The van der Waals surface area contributed by atoms with Crippen LogP contribution in [0.2, 0.25) is 0 Å².